The van der Waals surface area contributed by atoms with E-state index in [0.29, 0.717) is 16.1 Å². The molecule has 2 aromatic carbocycles. The van der Waals surface area contributed by atoms with Crippen LogP contribution in [-0.4, -0.2) is 36.6 Å². The summed E-state index contributed by atoms with van der Waals surface area (Å²) in [6.45, 7) is 2.24. The number of hydrogen-bond acceptors (Lipinski definition) is 8. The highest BCUT2D eigenvalue weighted by molar-refractivity contribution is 7.99. The molecule has 1 saturated carbocycles. The van der Waals surface area contributed by atoms with Crippen LogP contribution in [0.15, 0.2) is 58.1 Å². The van der Waals surface area contributed by atoms with Crippen molar-refractivity contribution in [2.75, 3.05) is 11.1 Å². The molecule has 1 aliphatic rings. The van der Waals surface area contributed by atoms with E-state index >= 15 is 0 Å². The van der Waals surface area contributed by atoms with Crippen LogP contribution in [0.4, 0.5) is 6.01 Å². The van der Waals surface area contributed by atoms with Crippen LogP contribution in [0.25, 0.3) is 11.5 Å². The molecule has 1 fully saturated rings. The molecule has 11 heteroatoms. The molecule has 9 nitrogen and oxygen atoms in total. The van der Waals surface area contributed by atoms with Gasteiger partial charge in [0.05, 0.1) is 5.75 Å². The number of hydrogen-bond donors (Lipinski definition) is 1. The highest BCUT2D eigenvalue weighted by Gasteiger charge is 2.24. The summed E-state index contributed by atoms with van der Waals surface area (Å²) in [5.41, 5.74) is 1.74. The normalized spacial score (nSPS) is 14.0. The van der Waals surface area contributed by atoms with Crippen molar-refractivity contribution >= 4 is 35.3 Å². The second-order valence-corrected chi connectivity index (χ2v) is 10.3. The lowest BCUT2D eigenvalue weighted by molar-refractivity contribution is -0.113. The Morgan fingerprint density at radius 2 is 1.92 bits per heavy atom. The number of aromatic nitrogens is 5. The lowest BCUT2D eigenvalue weighted by Gasteiger charge is -2.25. The van der Waals surface area contributed by atoms with Gasteiger partial charge < -0.3 is 9.15 Å². The highest BCUT2D eigenvalue weighted by atomic mass is 35.5. The Hall–Kier alpha value is -3.37. The summed E-state index contributed by atoms with van der Waals surface area (Å²) in [7, 11) is 0. The molecule has 1 N–H and O–H groups in total. The second-order valence-electron chi connectivity index (χ2n) is 8.87. The van der Waals surface area contributed by atoms with Crippen molar-refractivity contribution < 1.29 is 13.9 Å². The maximum Gasteiger partial charge on any atom is 0.322 e. The zero-order valence-electron chi connectivity index (χ0n) is 20.4. The zero-order valence-corrected chi connectivity index (χ0v) is 22.0. The molecular formula is C26H27ClN6O3S. The van der Waals surface area contributed by atoms with Gasteiger partial charge in [-0.1, -0.05) is 65.9 Å². The van der Waals surface area contributed by atoms with Gasteiger partial charge in [0.1, 0.15) is 12.4 Å². The Balaban J connectivity index is 1.25. The Labute approximate surface area is 224 Å². The van der Waals surface area contributed by atoms with Crippen molar-refractivity contribution in [2.45, 2.75) is 56.8 Å². The van der Waals surface area contributed by atoms with Gasteiger partial charge in [-0.05, 0) is 55.7 Å². The average Bonchev–Trinajstić information content (AvgIpc) is 3.55. The quantitative estimate of drug-likeness (QED) is 0.254. The van der Waals surface area contributed by atoms with E-state index in [1.165, 1.54) is 18.2 Å². The molecule has 1 aliphatic carbocycles. The van der Waals surface area contributed by atoms with E-state index in [1.807, 2.05) is 55.5 Å². The number of halogens is 1. The van der Waals surface area contributed by atoms with E-state index in [2.05, 4.69) is 30.3 Å². The lowest BCUT2D eigenvalue weighted by atomic mass is 9.95. The van der Waals surface area contributed by atoms with Gasteiger partial charge in [0.15, 0.2) is 11.0 Å². The fraction of sp³-hybridized carbons (Fsp3) is 0.346. The predicted molar refractivity (Wildman–Crippen MR) is 142 cm³/mol. The first kappa shape index (κ1) is 25.3. The minimum atomic E-state index is -0.263. The number of carbonyl (C=O) groups excluding carboxylic acids is 1. The molecular weight excluding hydrogens is 512 g/mol. The van der Waals surface area contributed by atoms with Crippen LogP contribution in [-0.2, 0) is 11.4 Å². The van der Waals surface area contributed by atoms with Crippen LogP contribution in [0.5, 0.6) is 5.75 Å². The number of carbonyl (C=O) groups is 1. The number of thioether (sulfide) groups is 1. The molecule has 1 amide bonds. The third kappa shape index (κ3) is 6.31. The molecule has 0 radical (unpaired) electrons. The van der Waals surface area contributed by atoms with Crippen LogP contribution < -0.4 is 10.1 Å². The molecule has 2 aromatic heterocycles. The van der Waals surface area contributed by atoms with Gasteiger partial charge >= 0.3 is 6.01 Å². The Morgan fingerprint density at radius 3 is 2.70 bits per heavy atom. The van der Waals surface area contributed by atoms with Gasteiger partial charge in [0.25, 0.3) is 0 Å². The topological polar surface area (TPSA) is 108 Å². The molecule has 0 bridgehead atoms. The van der Waals surface area contributed by atoms with Crippen LogP contribution in [0, 0.1) is 6.92 Å². The van der Waals surface area contributed by atoms with Crippen molar-refractivity contribution in [2.24, 2.45) is 0 Å². The number of nitrogens with one attached hydrogen (secondary N) is 1. The smallest absolute Gasteiger partial charge is 0.322 e. The van der Waals surface area contributed by atoms with Gasteiger partial charge in [-0.3, -0.25) is 14.7 Å². The van der Waals surface area contributed by atoms with Gasteiger partial charge in [-0.2, -0.15) is 0 Å². The first-order chi connectivity index (χ1) is 18.1. The molecule has 0 unspecified atom stereocenters. The lowest BCUT2D eigenvalue weighted by Crippen LogP contribution is -2.19. The predicted octanol–water partition coefficient (Wildman–Crippen LogP) is 6.10. The first-order valence-corrected chi connectivity index (χ1v) is 13.6. The third-order valence-corrected chi connectivity index (χ3v) is 7.37. The van der Waals surface area contributed by atoms with Crippen LogP contribution in [0.1, 0.15) is 49.5 Å². The SMILES string of the molecule is Cc1cc(Cl)ccc1OCc1nnc(SCC(=O)Nc2nnc(-c3ccccc3)o2)n1C1CCCCC1. The number of rotatable bonds is 9. The Morgan fingerprint density at radius 1 is 1.11 bits per heavy atom. The number of nitrogens with zero attached hydrogens (tertiary/aromatic N) is 5. The summed E-state index contributed by atoms with van der Waals surface area (Å²) in [4.78, 5) is 12.6. The van der Waals surface area contributed by atoms with Gasteiger partial charge in [-0.15, -0.1) is 15.3 Å². The number of ether oxygens (including phenoxy) is 1. The summed E-state index contributed by atoms with van der Waals surface area (Å²) in [6, 6.07) is 15.3. The highest BCUT2D eigenvalue weighted by Crippen LogP contribution is 2.33. The van der Waals surface area contributed by atoms with Crippen LogP contribution >= 0.6 is 23.4 Å². The summed E-state index contributed by atoms with van der Waals surface area (Å²) in [5, 5.41) is 20.8. The van der Waals surface area contributed by atoms with Crippen molar-refractivity contribution in [1.29, 1.82) is 0 Å². The Bertz CT molecular complexity index is 1350. The zero-order chi connectivity index (χ0) is 25.6. The molecule has 37 heavy (non-hydrogen) atoms. The van der Waals surface area contributed by atoms with E-state index in [0.717, 1.165) is 48.4 Å². The molecule has 0 spiro atoms. The fourth-order valence-electron chi connectivity index (χ4n) is 4.38. The monoisotopic (exact) mass is 538 g/mol. The summed E-state index contributed by atoms with van der Waals surface area (Å²) >= 11 is 7.41. The minimum Gasteiger partial charge on any atom is -0.485 e. The first-order valence-electron chi connectivity index (χ1n) is 12.2. The van der Waals surface area contributed by atoms with Crippen molar-refractivity contribution in [3.8, 4) is 17.2 Å². The Kier molecular flexibility index (Phi) is 8.05. The third-order valence-electron chi connectivity index (χ3n) is 6.19. The van der Waals surface area contributed by atoms with E-state index in [4.69, 9.17) is 20.8 Å². The van der Waals surface area contributed by atoms with Gasteiger partial charge in [0, 0.05) is 16.6 Å². The molecule has 5 rings (SSSR count). The summed E-state index contributed by atoms with van der Waals surface area (Å²) in [6.07, 6.45) is 5.65. The number of amides is 1. The number of aryl methyl sites for hydroxylation is 1. The van der Waals surface area contributed by atoms with Crippen molar-refractivity contribution in [3.63, 3.8) is 0 Å². The van der Waals surface area contributed by atoms with E-state index in [-0.39, 0.29) is 30.3 Å². The average molecular weight is 539 g/mol. The van der Waals surface area contributed by atoms with Crippen LogP contribution in [0.3, 0.4) is 0 Å². The molecule has 0 saturated heterocycles. The fourth-order valence-corrected chi connectivity index (χ4v) is 5.43. The second kappa shape index (κ2) is 11.8. The maximum absolute atomic E-state index is 12.6. The minimum absolute atomic E-state index is 0.0608. The van der Waals surface area contributed by atoms with Gasteiger partial charge in [-0.25, -0.2) is 0 Å². The summed E-state index contributed by atoms with van der Waals surface area (Å²) in [5.74, 6) is 1.71. The van der Waals surface area contributed by atoms with E-state index < -0.39 is 0 Å². The summed E-state index contributed by atoms with van der Waals surface area (Å²) < 4.78 is 13.8. The van der Waals surface area contributed by atoms with E-state index in [1.54, 1.807) is 0 Å². The molecule has 192 valence electrons. The standard InChI is InChI=1S/C26H27ClN6O3S/c1-17-14-19(27)12-13-21(17)35-15-22-29-32-26(33(22)20-10-6-3-7-11-20)37-16-23(34)28-25-31-30-24(36-25)18-8-4-2-5-9-18/h2,4-5,8-9,12-14,20H,3,6-7,10-11,15-16H2,1H3,(H,28,31,34). The van der Waals surface area contributed by atoms with Crippen LogP contribution in [0.2, 0.25) is 5.02 Å². The maximum atomic E-state index is 12.6. The molecule has 2 heterocycles. The van der Waals surface area contributed by atoms with Crippen molar-refractivity contribution in [1.82, 2.24) is 25.0 Å². The largest absolute Gasteiger partial charge is 0.485 e. The van der Waals surface area contributed by atoms with Gasteiger partial charge in [0.2, 0.25) is 11.8 Å². The molecule has 0 atom stereocenters. The molecule has 0 aliphatic heterocycles. The number of anilines is 1. The number of benzene rings is 2. The van der Waals surface area contributed by atoms with E-state index in [9.17, 15) is 4.79 Å². The molecule has 4 aromatic rings. The van der Waals surface area contributed by atoms with Crippen molar-refractivity contribution in [3.05, 3.63) is 64.9 Å².